The first-order chi connectivity index (χ1) is 13.2. The molecule has 8 heteroatoms. The Kier molecular flexibility index (Phi) is 4.64. The van der Waals surface area contributed by atoms with E-state index in [-0.39, 0.29) is 5.43 Å². The molecule has 0 spiro atoms. The topological polar surface area (TPSA) is 89.9 Å². The second-order valence-electron chi connectivity index (χ2n) is 6.25. The zero-order valence-electron chi connectivity index (χ0n) is 15.3. The van der Waals surface area contributed by atoms with Crippen molar-refractivity contribution in [3.05, 3.63) is 46.8 Å². The van der Waals surface area contributed by atoms with Gasteiger partial charge in [0, 0.05) is 18.3 Å². The maximum atomic E-state index is 12.8. The third-order valence-electron chi connectivity index (χ3n) is 4.76. The molecule has 4 aromatic rings. The lowest BCUT2D eigenvalue weighted by Crippen LogP contribution is -2.27. The fraction of sp³-hybridized carbons (Fsp3) is 0.316. The molecule has 0 fully saturated rings. The van der Waals surface area contributed by atoms with E-state index in [9.17, 15) is 4.79 Å². The molecule has 0 saturated carbocycles. The van der Waals surface area contributed by atoms with E-state index in [1.807, 2.05) is 6.07 Å². The van der Waals surface area contributed by atoms with Crippen molar-refractivity contribution < 1.29 is 4.42 Å². The van der Waals surface area contributed by atoms with Crippen LogP contribution in [0.1, 0.15) is 13.8 Å². The van der Waals surface area contributed by atoms with Gasteiger partial charge >= 0.3 is 0 Å². The summed E-state index contributed by atoms with van der Waals surface area (Å²) in [6.07, 6.45) is 1.61. The first-order valence-corrected chi connectivity index (χ1v) is 9.01. The molecular weight excluding hydrogens is 344 g/mol. The zero-order chi connectivity index (χ0) is 18.8. The number of fused-ring (bicyclic) bond motifs is 2. The molecule has 8 nitrogen and oxygen atoms in total. The van der Waals surface area contributed by atoms with E-state index in [4.69, 9.17) is 4.42 Å². The van der Waals surface area contributed by atoms with Crippen LogP contribution in [-0.4, -0.2) is 49.7 Å². The minimum absolute atomic E-state index is 0.108. The van der Waals surface area contributed by atoms with Crippen molar-refractivity contribution in [2.45, 2.75) is 20.4 Å². The lowest BCUT2D eigenvalue weighted by Gasteiger charge is -2.17. The molecular formula is C19H20N6O2. The molecule has 4 rings (SSSR count). The predicted octanol–water partition coefficient (Wildman–Crippen LogP) is 2.34. The maximum absolute atomic E-state index is 12.8. The van der Waals surface area contributed by atoms with Crippen LogP contribution in [0, 0.1) is 0 Å². The van der Waals surface area contributed by atoms with Gasteiger partial charge in [-0.3, -0.25) is 4.79 Å². The van der Waals surface area contributed by atoms with Crippen LogP contribution in [-0.2, 0) is 6.54 Å². The predicted molar refractivity (Wildman–Crippen MR) is 102 cm³/mol. The van der Waals surface area contributed by atoms with E-state index in [0.717, 1.165) is 25.2 Å². The summed E-state index contributed by atoms with van der Waals surface area (Å²) in [7, 11) is 0. The number of likely N-dealkylation sites (N-methyl/N-ethyl adjacent to an activating group) is 1. The number of pyridine rings is 1. The van der Waals surface area contributed by atoms with Crippen molar-refractivity contribution in [2.75, 3.05) is 19.6 Å². The Morgan fingerprint density at radius 1 is 1.15 bits per heavy atom. The molecule has 0 unspecified atom stereocenters. The Bertz CT molecular complexity index is 1150. The molecule has 3 aromatic heterocycles. The maximum Gasteiger partial charge on any atom is 0.230 e. The fourth-order valence-corrected chi connectivity index (χ4v) is 3.17. The normalized spacial score (nSPS) is 11.7. The molecule has 0 aliphatic carbocycles. The summed E-state index contributed by atoms with van der Waals surface area (Å²) in [4.78, 5) is 19.3. The van der Waals surface area contributed by atoms with Gasteiger partial charge < -0.3 is 9.32 Å². The average molecular weight is 364 g/mol. The largest absolute Gasteiger partial charge is 0.437 e. The van der Waals surface area contributed by atoms with Crippen LogP contribution in [0.3, 0.4) is 0 Å². The second kappa shape index (κ2) is 7.24. The van der Waals surface area contributed by atoms with Gasteiger partial charge in [0.1, 0.15) is 5.58 Å². The van der Waals surface area contributed by atoms with Crippen molar-refractivity contribution in [3.8, 4) is 11.4 Å². The minimum atomic E-state index is -0.108. The van der Waals surface area contributed by atoms with E-state index < -0.39 is 0 Å². The highest BCUT2D eigenvalue weighted by molar-refractivity contribution is 5.90. The SMILES string of the molecule is CCN(CC)CCn1nnnc1-c1ccc2oc3ncccc3c(=O)c2c1. The fourth-order valence-electron chi connectivity index (χ4n) is 3.17. The summed E-state index contributed by atoms with van der Waals surface area (Å²) in [6, 6.07) is 8.85. The Morgan fingerprint density at radius 3 is 2.81 bits per heavy atom. The van der Waals surface area contributed by atoms with Gasteiger partial charge in [-0.25, -0.2) is 9.67 Å². The summed E-state index contributed by atoms with van der Waals surface area (Å²) in [5.74, 6) is 0.634. The van der Waals surface area contributed by atoms with Crippen LogP contribution in [0.15, 0.2) is 45.7 Å². The molecule has 0 amide bonds. The van der Waals surface area contributed by atoms with E-state index in [2.05, 4.69) is 39.3 Å². The van der Waals surface area contributed by atoms with E-state index in [1.54, 1.807) is 35.1 Å². The number of nitrogens with zero attached hydrogens (tertiary/aromatic N) is 6. The molecule has 1 aromatic carbocycles. The third kappa shape index (κ3) is 3.19. The summed E-state index contributed by atoms with van der Waals surface area (Å²) < 4.78 is 7.53. The van der Waals surface area contributed by atoms with Crippen molar-refractivity contribution in [1.29, 1.82) is 0 Å². The number of tetrazole rings is 1. The highest BCUT2D eigenvalue weighted by Gasteiger charge is 2.14. The molecule has 27 heavy (non-hydrogen) atoms. The molecule has 0 atom stereocenters. The number of benzene rings is 1. The lowest BCUT2D eigenvalue weighted by atomic mass is 10.1. The van der Waals surface area contributed by atoms with Gasteiger partial charge in [0.15, 0.2) is 5.82 Å². The standard InChI is InChI=1S/C19H20N6O2/c1-3-24(4-2)10-11-25-18(21-22-23-25)13-7-8-16-15(12-13)17(26)14-6-5-9-20-19(14)27-16/h5-9,12H,3-4,10-11H2,1-2H3. The van der Waals surface area contributed by atoms with Gasteiger partial charge in [0.25, 0.3) is 0 Å². The smallest absolute Gasteiger partial charge is 0.230 e. The highest BCUT2D eigenvalue weighted by Crippen LogP contribution is 2.23. The van der Waals surface area contributed by atoms with Gasteiger partial charge in [-0.05, 0) is 53.8 Å². The van der Waals surface area contributed by atoms with Gasteiger partial charge in [0.2, 0.25) is 11.1 Å². The Morgan fingerprint density at radius 2 is 2.00 bits per heavy atom. The zero-order valence-corrected chi connectivity index (χ0v) is 15.3. The number of aromatic nitrogens is 5. The van der Waals surface area contributed by atoms with E-state index in [1.165, 1.54) is 0 Å². The number of rotatable bonds is 6. The quantitative estimate of drug-likeness (QED) is 0.485. The van der Waals surface area contributed by atoms with Crippen LogP contribution >= 0.6 is 0 Å². The summed E-state index contributed by atoms with van der Waals surface area (Å²) in [5, 5.41) is 13.0. The van der Waals surface area contributed by atoms with Crippen LogP contribution < -0.4 is 5.43 Å². The van der Waals surface area contributed by atoms with Crippen molar-refractivity contribution >= 4 is 22.1 Å². The van der Waals surface area contributed by atoms with Crippen LogP contribution in [0.2, 0.25) is 0 Å². The molecule has 0 radical (unpaired) electrons. The highest BCUT2D eigenvalue weighted by atomic mass is 16.3. The van der Waals surface area contributed by atoms with E-state index >= 15 is 0 Å². The molecule has 0 aliphatic heterocycles. The molecule has 0 N–H and O–H groups in total. The first-order valence-electron chi connectivity index (χ1n) is 9.01. The summed E-state index contributed by atoms with van der Waals surface area (Å²) in [5.41, 5.74) is 1.51. The van der Waals surface area contributed by atoms with E-state index in [0.29, 0.717) is 34.4 Å². The van der Waals surface area contributed by atoms with Gasteiger partial charge in [-0.1, -0.05) is 13.8 Å². The molecule has 0 saturated heterocycles. The van der Waals surface area contributed by atoms with Crippen molar-refractivity contribution in [2.24, 2.45) is 0 Å². The lowest BCUT2D eigenvalue weighted by molar-refractivity contribution is 0.285. The molecule has 138 valence electrons. The average Bonchev–Trinajstić information content (AvgIpc) is 3.17. The Hall–Kier alpha value is -3.13. The number of hydrogen-bond donors (Lipinski definition) is 0. The van der Waals surface area contributed by atoms with Crippen molar-refractivity contribution in [1.82, 2.24) is 30.1 Å². The van der Waals surface area contributed by atoms with Crippen LogP contribution in [0.5, 0.6) is 0 Å². The molecule has 0 bridgehead atoms. The second-order valence-corrected chi connectivity index (χ2v) is 6.25. The summed E-state index contributed by atoms with van der Waals surface area (Å²) in [6.45, 7) is 7.76. The van der Waals surface area contributed by atoms with Crippen LogP contribution in [0.4, 0.5) is 0 Å². The van der Waals surface area contributed by atoms with Crippen molar-refractivity contribution in [3.63, 3.8) is 0 Å². The van der Waals surface area contributed by atoms with Gasteiger partial charge in [-0.2, -0.15) is 0 Å². The Balaban J connectivity index is 1.75. The Labute approximate surface area is 155 Å². The number of hydrogen-bond acceptors (Lipinski definition) is 7. The first kappa shape index (κ1) is 17.3. The summed E-state index contributed by atoms with van der Waals surface area (Å²) >= 11 is 0. The van der Waals surface area contributed by atoms with Gasteiger partial charge in [-0.15, -0.1) is 5.10 Å². The molecule has 3 heterocycles. The molecule has 0 aliphatic rings. The van der Waals surface area contributed by atoms with Gasteiger partial charge in [0.05, 0.1) is 17.3 Å². The third-order valence-corrected chi connectivity index (χ3v) is 4.76. The monoisotopic (exact) mass is 364 g/mol. The van der Waals surface area contributed by atoms with Crippen LogP contribution in [0.25, 0.3) is 33.5 Å². The minimum Gasteiger partial charge on any atom is -0.437 e.